The number of hydrogen-bond acceptors (Lipinski definition) is 7. The molecule has 194 valence electrons. The highest BCUT2D eigenvalue weighted by Crippen LogP contribution is 2.32. The normalized spacial score (nSPS) is 17.4. The van der Waals surface area contributed by atoms with Gasteiger partial charge in [0.15, 0.2) is 0 Å². The van der Waals surface area contributed by atoms with E-state index in [1.165, 1.54) is 0 Å². The van der Waals surface area contributed by atoms with E-state index in [0.717, 1.165) is 45.1 Å². The van der Waals surface area contributed by atoms with Gasteiger partial charge in [-0.25, -0.2) is 4.98 Å². The van der Waals surface area contributed by atoms with E-state index in [4.69, 9.17) is 0 Å². The summed E-state index contributed by atoms with van der Waals surface area (Å²) >= 11 is 0. The highest BCUT2D eigenvalue weighted by molar-refractivity contribution is 5.91. The molecule has 8 heteroatoms. The molecule has 1 unspecified atom stereocenters. The fraction of sp³-hybridized carbons (Fsp3) is 0.593. The first kappa shape index (κ1) is 28.8. The molecule has 0 bridgehead atoms. The monoisotopic (exact) mass is 485 g/mol. The first-order valence-corrected chi connectivity index (χ1v) is 12.7. The largest absolute Gasteiger partial charge is 0.377 e. The van der Waals surface area contributed by atoms with Gasteiger partial charge < -0.3 is 20.1 Å². The van der Waals surface area contributed by atoms with Gasteiger partial charge in [-0.15, -0.1) is 0 Å². The highest BCUT2D eigenvalue weighted by Gasteiger charge is 2.37. The van der Waals surface area contributed by atoms with Crippen molar-refractivity contribution in [2.24, 2.45) is 5.92 Å². The molecular weight excluding hydrogens is 442 g/mol. The third-order valence-corrected chi connectivity index (χ3v) is 6.75. The minimum absolute atomic E-state index is 0.0556. The quantitative estimate of drug-likeness (QED) is 0.188. The number of aliphatic hydroxyl groups excluding tert-OH is 1. The molecule has 1 aromatic heterocycles. The van der Waals surface area contributed by atoms with Gasteiger partial charge in [0.25, 0.3) is 0 Å². The second-order valence-electron chi connectivity index (χ2n) is 9.45. The first-order valence-electron chi connectivity index (χ1n) is 12.7. The van der Waals surface area contributed by atoms with Crippen LogP contribution in [0.5, 0.6) is 0 Å². The molecule has 1 amide bonds. The van der Waals surface area contributed by atoms with Crippen LogP contribution in [0, 0.1) is 5.92 Å². The Hall–Kier alpha value is -2.39. The molecule has 3 N–H and O–H groups in total. The average molecular weight is 486 g/mol. The Morgan fingerprint density at radius 1 is 1.17 bits per heavy atom. The van der Waals surface area contributed by atoms with Crippen LogP contribution in [-0.4, -0.2) is 84.1 Å². The van der Waals surface area contributed by atoms with Crippen LogP contribution in [0.4, 0.5) is 5.82 Å². The number of nitrogens with one attached hydrogen (secondary N) is 2. The minimum atomic E-state index is -0.659. The number of amides is 1. The van der Waals surface area contributed by atoms with Crippen molar-refractivity contribution in [3.05, 3.63) is 48.7 Å². The molecule has 8 nitrogen and oxygen atoms in total. The van der Waals surface area contributed by atoms with Crippen LogP contribution in [-0.2, 0) is 9.59 Å². The van der Waals surface area contributed by atoms with Crippen molar-refractivity contribution in [2.45, 2.75) is 57.2 Å². The van der Waals surface area contributed by atoms with Gasteiger partial charge in [0.1, 0.15) is 18.3 Å². The predicted octanol–water partition coefficient (Wildman–Crippen LogP) is 2.83. The summed E-state index contributed by atoms with van der Waals surface area (Å²) in [4.78, 5) is 32.7. The van der Waals surface area contributed by atoms with Crippen molar-refractivity contribution >= 4 is 18.0 Å². The molecule has 1 aliphatic rings. The van der Waals surface area contributed by atoms with Crippen LogP contribution in [0.3, 0.4) is 0 Å². The Kier molecular flexibility index (Phi) is 12.8. The summed E-state index contributed by atoms with van der Waals surface area (Å²) in [5, 5.41) is 16.3. The third kappa shape index (κ3) is 10.0. The SMILES string of the molecule is C/C=C/C[C@H](C/C=C/CNC(O)CN(C)CCN(C)C1(C=O)CCCC1)C(=O)Nc1ccccn1. The zero-order valence-corrected chi connectivity index (χ0v) is 21.5. The molecule has 2 atom stereocenters. The van der Waals surface area contributed by atoms with E-state index in [-0.39, 0.29) is 17.4 Å². The molecule has 0 spiro atoms. The van der Waals surface area contributed by atoms with Crippen LogP contribution in [0.15, 0.2) is 48.7 Å². The fourth-order valence-corrected chi connectivity index (χ4v) is 4.39. The van der Waals surface area contributed by atoms with Crippen LogP contribution in [0.25, 0.3) is 0 Å². The summed E-state index contributed by atoms with van der Waals surface area (Å²) in [6, 6.07) is 5.43. The van der Waals surface area contributed by atoms with Crippen molar-refractivity contribution in [3.8, 4) is 0 Å². The number of anilines is 1. The van der Waals surface area contributed by atoms with E-state index in [1.807, 2.05) is 57.5 Å². The maximum atomic E-state index is 12.6. The van der Waals surface area contributed by atoms with Gasteiger partial charge >= 0.3 is 0 Å². The molecule has 1 heterocycles. The van der Waals surface area contributed by atoms with Gasteiger partial charge in [-0.1, -0.05) is 43.2 Å². The number of rotatable bonds is 16. The molecule has 0 aliphatic heterocycles. The molecule has 35 heavy (non-hydrogen) atoms. The Balaban J connectivity index is 1.69. The van der Waals surface area contributed by atoms with Crippen LogP contribution < -0.4 is 10.6 Å². The summed E-state index contributed by atoms with van der Waals surface area (Å²) < 4.78 is 0. The van der Waals surface area contributed by atoms with E-state index >= 15 is 0 Å². The lowest BCUT2D eigenvalue weighted by Crippen LogP contribution is -2.49. The smallest absolute Gasteiger partial charge is 0.229 e. The maximum Gasteiger partial charge on any atom is 0.229 e. The van der Waals surface area contributed by atoms with Gasteiger partial charge in [-0.05, 0) is 58.8 Å². The summed E-state index contributed by atoms with van der Waals surface area (Å²) in [7, 11) is 4.00. The predicted molar refractivity (Wildman–Crippen MR) is 141 cm³/mol. The standard InChI is InChI=1S/C27H43N5O3/c1-4-5-12-23(26(35)30-24-14-7-11-17-28-24)13-6-10-18-29-25(34)21-31(2)19-20-32(3)27(22-33)15-8-9-16-27/h4-7,10-11,14,17,22-23,25,29,34H,8-9,12-13,15-16,18-21H2,1-3H3,(H,28,30,35)/b5-4+,10-6+/t23-,25?/m1/s1. The lowest BCUT2D eigenvalue weighted by Gasteiger charge is -2.35. The van der Waals surface area contributed by atoms with E-state index in [9.17, 15) is 14.7 Å². The van der Waals surface area contributed by atoms with Crippen molar-refractivity contribution in [1.82, 2.24) is 20.1 Å². The van der Waals surface area contributed by atoms with Gasteiger partial charge in [-0.3, -0.25) is 15.0 Å². The number of nitrogens with zero attached hydrogens (tertiary/aromatic N) is 3. The number of carbonyl (C=O) groups excluding carboxylic acids is 2. The minimum Gasteiger partial charge on any atom is -0.377 e. The van der Waals surface area contributed by atoms with Crippen LogP contribution in [0.2, 0.25) is 0 Å². The Morgan fingerprint density at radius 2 is 1.91 bits per heavy atom. The van der Waals surface area contributed by atoms with Crippen LogP contribution >= 0.6 is 0 Å². The molecule has 1 aromatic rings. The number of hydrogen-bond donors (Lipinski definition) is 3. The highest BCUT2D eigenvalue weighted by atomic mass is 16.3. The maximum absolute atomic E-state index is 12.6. The number of pyridine rings is 1. The second kappa shape index (κ2) is 15.6. The summed E-state index contributed by atoms with van der Waals surface area (Å²) in [6.45, 7) is 4.52. The number of likely N-dealkylation sites (N-methyl/N-ethyl adjacent to an activating group) is 2. The molecular formula is C27H43N5O3. The van der Waals surface area contributed by atoms with Crippen LogP contribution in [0.1, 0.15) is 45.4 Å². The van der Waals surface area contributed by atoms with E-state index in [1.54, 1.807) is 12.3 Å². The van der Waals surface area contributed by atoms with Gasteiger partial charge in [0, 0.05) is 38.3 Å². The summed E-state index contributed by atoms with van der Waals surface area (Å²) in [6.07, 6.45) is 15.3. The average Bonchev–Trinajstić information content (AvgIpc) is 3.35. The Morgan fingerprint density at radius 3 is 2.57 bits per heavy atom. The van der Waals surface area contributed by atoms with Gasteiger partial charge in [0.2, 0.25) is 5.91 Å². The molecule has 2 rings (SSSR count). The number of aromatic nitrogens is 1. The zero-order chi connectivity index (χ0) is 25.5. The second-order valence-corrected chi connectivity index (χ2v) is 9.45. The van der Waals surface area contributed by atoms with E-state index in [2.05, 4.69) is 25.4 Å². The third-order valence-electron chi connectivity index (χ3n) is 6.75. The van der Waals surface area contributed by atoms with Gasteiger partial charge in [-0.2, -0.15) is 0 Å². The van der Waals surface area contributed by atoms with Crippen molar-refractivity contribution < 1.29 is 14.7 Å². The number of aldehydes is 1. The Bertz CT molecular complexity index is 808. The lowest BCUT2D eigenvalue weighted by molar-refractivity contribution is -0.120. The first-order chi connectivity index (χ1) is 16.9. The molecule has 0 saturated heterocycles. The number of carbonyl (C=O) groups is 2. The molecule has 1 fully saturated rings. The van der Waals surface area contributed by atoms with Gasteiger partial charge in [0.05, 0.1) is 5.54 Å². The number of aliphatic hydroxyl groups is 1. The Labute approximate surface area is 210 Å². The summed E-state index contributed by atoms with van der Waals surface area (Å²) in [5.74, 6) is 0.309. The zero-order valence-electron chi connectivity index (χ0n) is 21.5. The summed E-state index contributed by atoms with van der Waals surface area (Å²) in [5.41, 5.74) is -0.304. The topological polar surface area (TPSA) is 97.8 Å². The lowest BCUT2D eigenvalue weighted by atomic mass is 9.98. The molecule has 1 saturated carbocycles. The fourth-order valence-electron chi connectivity index (χ4n) is 4.39. The molecule has 0 aromatic carbocycles. The molecule has 0 radical (unpaired) electrons. The van der Waals surface area contributed by atoms with Crippen molar-refractivity contribution in [1.29, 1.82) is 0 Å². The van der Waals surface area contributed by atoms with Crippen molar-refractivity contribution in [2.75, 3.05) is 45.6 Å². The number of allylic oxidation sites excluding steroid dienone is 3. The van der Waals surface area contributed by atoms with E-state index < -0.39 is 6.23 Å². The van der Waals surface area contributed by atoms with Crippen molar-refractivity contribution in [3.63, 3.8) is 0 Å². The molecule has 1 aliphatic carbocycles. The van der Waals surface area contributed by atoms with E-state index in [0.29, 0.717) is 31.7 Å².